The van der Waals surface area contributed by atoms with Crippen LogP contribution in [-0.4, -0.2) is 14.6 Å². The van der Waals surface area contributed by atoms with Crippen molar-refractivity contribution in [2.75, 3.05) is 16.3 Å². The van der Waals surface area contributed by atoms with Crippen LogP contribution in [0.1, 0.15) is 110 Å². The smallest absolute Gasteiger partial charge is 0.144 e. The van der Waals surface area contributed by atoms with Crippen molar-refractivity contribution in [3.63, 3.8) is 0 Å². The Morgan fingerprint density at radius 3 is 1.98 bits per heavy atom. The Hall–Kier alpha value is -5.71. The van der Waals surface area contributed by atoms with Crippen molar-refractivity contribution in [1.29, 1.82) is 0 Å². The van der Waals surface area contributed by atoms with Gasteiger partial charge in [-0.1, -0.05) is 155 Å². The molecule has 1 saturated heterocycles. The first-order valence-electron chi connectivity index (χ1n) is 23.8. The Labute approximate surface area is 374 Å². The third kappa shape index (κ3) is 6.15. The molecule has 0 N–H and O–H groups in total. The number of halogens is 1. The van der Waals surface area contributed by atoms with Crippen molar-refractivity contribution in [2.45, 2.75) is 101 Å². The number of nitrogens with zero attached hydrogens (tertiary/aromatic N) is 2. The molecule has 2 spiro atoms. The van der Waals surface area contributed by atoms with Crippen LogP contribution in [0.5, 0.6) is 0 Å². The van der Waals surface area contributed by atoms with Crippen LogP contribution in [0, 0.1) is 0 Å². The third-order valence-corrected chi connectivity index (χ3v) is 21.4. The Bertz CT molecular complexity index is 2840. The van der Waals surface area contributed by atoms with E-state index in [1.54, 1.807) is 16.4 Å². The molecule has 2 nitrogen and oxygen atoms in total. The summed E-state index contributed by atoms with van der Waals surface area (Å²) in [5.74, 6) is 0. The van der Waals surface area contributed by atoms with Gasteiger partial charge in [-0.25, -0.2) is 4.39 Å². The summed E-state index contributed by atoms with van der Waals surface area (Å²) >= 11 is 0. The molecule has 0 bridgehead atoms. The van der Waals surface area contributed by atoms with Crippen LogP contribution >= 0.6 is 0 Å². The van der Waals surface area contributed by atoms with Gasteiger partial charge in [-0.2, -0.15) is 0 Å². The van der Waals surface area contributed by atoms with Gasteiger partial charge >= 0.3 is 0 Å². The minimum atomic E-state index is -1.85. The number of anilines is 4. The molecule has 4 heteroatoms. The zero-order valence-electron chi connectivity index (χ0n) is 36.8. The van der Waals surface area contributed by atoms with Gasteiger partial charge in [0.05, 0.1) is 0 Å². The molecule has 63 heavy (non-hydrogen) atoms. The number of benzene rings is 6. The van der Waals surface area contributed by atoms with Gasteiger partial charge in [-0.05, 0) is 153 Å². The third-order valence-electron chi connectivity index (χ3n) is 16.1. The quantitative estimate of drug-likeness (QED) is 0.129. The lowest BCUT2D eigenvalue weighted by atomic mass is 9.76. The largest absolute Gasteiger partial charge is 0.341 e. The van der Waals surface area contributed by atoms with Gasteiger partial charge in [0, 0.05) is 40.4 Å². The van der Waals surface area contributed by atoms with E-state index in [2.05, 4.69) is 169 Å². The number of hydrogen-bond donors (Lipinski definition) is 0. The predicted molar refractivity (Wildman–Crippen MR) is 266 cm³/mol. The normalized spacial score (nSPS) is 20.9. The van der Waals surface area contributed by atoms with Crippen molar-refractivity contribution in [2.24, 2.45) is 0 Å². The summed E-state index contributed by atoms with van der Waals surface area (Å²) in [5.41, 5.74) is 17.6. The number of fused-ring (bicyclic) bond motifs is 11. The second-order valence-electron chi connectivity index (χ2n) is 20.0. The van der Waals surface area contributed by atoms with Crippen LogP contribution in [0.25, 0.3) is 23.3 Å². The standard InChI is InChI=1S/C59H57FN2Si/c1-58(2)34-31-44(62-54-17-5-7-19-56(54)63(36-11-12-37-63)57-20-8-6-18-55(57)62)26-30-52(60)48-28-24-41(38-49(48)58)21-22-42-23-27-46-47-29-25-45(61-35-13-15-43-14-3-4-16-53(43)61)40-51(47)59(50(46)39-42)32-9-10-33-59/h3-8,14,16-31,38-40,52H,9-13,15,32-37H2,1-2H3. The molecule has 3 aliphatic carbocycles. The maximum Gasteiger partial charge on any atom is 0.144 e. The van der Waals surface area contributed by atoms with E-state index in [0.717, 1.165) is 41.8 Å². The first-order chi connectivity index (χ1) is 30.8. The van der Waals surface area contributed by atoms with Gasteiger partial charge in [0.25, 0.3) is 0 Å². The number of allylic oxidation sites excluding steroid dienone is 3. The van der Waals surface area contributed by atoms with Crippen molar-refractivity contribution < 1.29 is 4.39 Å². The van der Waals surface area contributed by atoms with Gasteiger partial charge in [-0.3, -0.25) is 0 Å². The van der Waals surface area contributed by atoms with Gasteiger partial charge in [-0.15, -0.1) is 0 Å². The Balaban J connectivity index is 0.853. The van der Waals surface area contributed by atoms with Gasteiger partial charge in [0.15, 0.2) is 0 Å². The zero-order chi connectivity index (χ0) is 42.3. The fourth-order valence-electron chi connectivity index (χ4n) is 13.0. The van der Waals surface area contributed by atoms with Crippen molar-refractivity contribution in [3.05, 3.63) is 190 Å². The van der Waals surface area contributed by atoms with Gasteiger partial charge in [0.1, 0.15) is 14.2 Å². The topological polar surface area (TPSA) is 6.48 Å². The highest BCUT2D eigenvalue weighted by Crippen LogP contribution is 2.58. The maximum absolute atomic E-state index is 16.7. The molecular formula is C59H57FN2Si. The van der Waals surface area contributed by atoms with Crippen LogP contribution in [0.2, 0.25) is 12.1 Å². The SMILES string of the molecule is CC1(C)CC=C(N2c3ccccc3[Si]3(CCCC3)c3ccccc32)C=CC(F)c2ccc(C=Cc3ccc4c(c3)C3(CCCC3)c3cc(N5CCCc6ccccc65)ccc3-4)cc21. The first-order valence-corrected chi connectivity index (χ1v) is 26.2. The Morgan fingerprint density at radius 2 is 1.25 bits per heavy atom. The molecular weight excluding hydrogens is 784 g/mol. The average molecular weight is 841 g/mol. The molecule has 1 unspecified atom stereocenters. The number of aryl methyl sites for hydroxylation is 1. The molecule has 0 aromatic heterocycles. The molecule has 3 heterocycles. The highest BCUT2D eigenvalue weighted by molar-refractivity contribution is 7.05. The molecule has 0 radical (unpaired) electrons. The number of alkyl halides is 1. The summed E-state index contributed by atoms with van der Waals surface area (Å²) in [6.45, 7) is 5.65. The van der Waals surface area contributed by atoms with Crippen LogP contribution in [0.3, 0.4) is 0 Å². The summed E-state index contributed by atoms with van der Waals surface area (Å²) in [5, 5.41) is 3.09. The lowest BCUT2D eigenvalue weighted by Crippen LogP contribution is -2.61. The highest BCUT2D eigenvalue weighted by Gasteiger charge is 2.48. The molecule has 1 saturated carbocycles. The number of hydrogen-bond acceptors (Lipinski definition) is 2. The van der Waals surface area contributed by atoms with Crippen LogP contribution in [0.4, 0.5) is 27.1 Å². The molecule has 2 fully saturated rings. The van der Waals surface area contributed by atoms with E-state index in [1.807, 2.05) is 6.07 Å². The molecule has 3 aliphatic heterocycles. The van der Waals surface area contributed by atoms with Crippen LogP contribution in [0.15, 0.2) is 151 Å². The minimum Gasteiger partial charge on any atom is -0.341 e. The van der Waals surface area contributed by atoms with Crippen molar-refractivity contribution in [3.8, 4) is 11.1 Å². The van der Waals surface area contributed by atoms with E-state index in [0.29, 0.717) is 0 Å². The monoisotopic (exact) mass is 840 g/mol. The van der Waals surface area contributed by atoms with Crippen molar-refractivity contribution in [1.82, 2.24) is 0 Å². The van der Waals surface area contributed by atoms with Crippen LogP contribution < -0.4 is 20.2 Å². The van der Waals surface area contributed by atoms with E-state index in [9.17, 15) is 0 Å². The molecule has 6 aliphatic rings. The maximum atomic E-state index is 16.7. The summed E-state index contributed by atoms with van der Waals surface area (Å²) < 4.78 is 16.7. The fraction of sp³-hybridized carbons (Fsp3) is 0.288. The van der Waals surface area contributed by atoms with E-state index in [-0.39, 0.29) is 10.8 Å². The Morgan fingerprint density at radius 1 is 0.635 bits per heavy atom. The number of rotatable bonds is 4. The second kappa shape index (κ2) is 14.9. The highest BCUT2D eigenvalue weighted by atomic mass is 28.3. The van der Waals surface area contributed by atoms with Gasteiger partial charge < -0.3 is 9.80 Å². The number of para-hydroxylation sites is 3. The predicted octanol–water partition coefficient (Wildman–Crippen LogP) is 14.4. The molecule has 6 aromatic rings. The molecule has 12 rings (SSSR count). The van der Waals surface area contributed by atoms with Crippen LogP contribution in [-0.2, 0) is 17.3 Å². The fourth-order valence-corrected chi connectivity index (χ4v) is 18.5. The van der Waals surface area contributed by atoms with E-state index >= 15 is 4.39 Å². The van der Waals surface area contributed by atoms with Crippen molar-refractivity contribution >= 4 is 53.3 Å². The summed E-state index contributed by atoms with van der Waals surface area (Å²) in [6.07, 6.45) is 20.2. The molecule has 6 aromatic carbocycles. The second-order valence-corrected chi connectivity index (χ2v) is 24.3. The van der Waals surface area contributed by atoms with E-state index in [4.69, 9.17) is 0 Å². The Kier molecular flexibility index (Phi) is 9.23. The molecule has 314 valence electrons. The van der Waals surface area contributed by atoms with E-state index in [1.165, 1.54) is 113 Å². The molecule has 0 amide bonds. The van der Waals surface area contributed by atoms with Gasteiger partial charge in [0.2, 0.25) is 0 Å². The average Bonchev–Trinajstić information content (AvgIpc) is 4.09. The summed E-state index contributed by atoms with van der Waals surface area (Å²) in [4.78, 5) is 5.00. The minimum absolute atomic E-state index is 0.0686. The summed E-state index contributed by atoms with van der Waals surface area (Å²) in [6, 6.07) is 50.7. The zero-order valence-corrected chi connectivity index (χ0v) is 37.8. The summed E-state index contributed by atoms with van der Waals surface area (Å²) in [7, 11) is -1.85. The lowest BCUT2D eigenvalue weighted by molar-refractivity contribution is 0.403. The van der Waals surface area contributed by atoms with E-state index < -0.39 is 14.2 Å². The lowest BCUT2D eigenvalue weighted by Gasteiger charge is -2.43. The first kappa shape index (κ1) is 38.9. The molecule has 1 atom stereocenters.